The summed E-state index contributed by atoms with van der Waals surface area (Å²) in [4.78, 5) is 19.3. The van der Waals surface area contributed by atoms with E-state index >= 15 is 0 Å². The first kappa shape index (κ1) is 14.6. The highest BCUT2D eigenvalue weighted by atomic mass is 16.5. The van der Waals surface area contributed by atoms with E-state index in [0.29, 0.717) is 6.04 Å². The number of likely N-dealkylation sites (tertiary alicyclic amines) is 1. The van der Waals surface area contributed by atoms with Crippen LogP contribution >= 0.6 is 0 Å². The van der Waals surface area contributed by atoms with Crippen molar-refractivity contribution in [2.45, 2.75) is 25.4 Å². The summed E-state index contributed by atoms with van der Waals surface area (Å²) >= 11 is 0. The van der Waals surface area contributed by atoms with E-state index in [9.17, 15) is 9.90 Å². The summed E-state index contributed by atoms with van der Waals surface area (Å²) in [5, 5.41) is 9.26. The number of pyridine rings is 1. The molecule has 6 nitrogen and oxygen atoms in total. The zero-order chi connectivity index (χ0) is 14.7. The number of aromatic amines is 1. The minimum Gasteiger partial charge on any atom is -0.503 e. The van der Waals surface area contributed by atoms with E-state index in [1.165, 1.54) is 25.1 Å². The van der Waals surface area contributed by atoms with Crippen LogP contribution in [0.15, 0.2) is 17.1 Å². The minimum atomic E-state index is -0.313. The van der Waals surface area contributed by atoms with Crippen LogP contribution in [0.5, 0.6) is 5.75 Å². The lowest BCUT2D eigenvalue weighted by Gasteiger charge is -2.40. The molecule has 2 aliphatic heterocycles. The zero-order valence-corrected chi connectivity index (χ0v) is 12.3. The van der Waals surface area contributed by atoms with Crippen molar-refractivity contribution in [3.05, 3.63) is 28.2 Å². The Labute approximate surface area is 124 Å². The molecular formula is C15H23N3O3. The predicted molar refractivity (Wildman–Crippen MR) is 79.4 cm³/mol. The van der Waals surface area contributed by atoms with Crippen molar-refractivity contribution in [3.8, 4) is 5.75 Å². The molecule has 3 rings (SSSR count). The summed E-state index contributed by atoms with van der Waals surface area (Å²) < 4.78 is 5.41. The van der Waals surface area contributed by atoms with Crippen LogP contribution in [0.3, 0.4) is 0 Å². The van der Waals surface area contributed by atoms with Crippen molar-refractivity contribution < 1.29 is 9.84 Å². The van der Waals surface area contributed by atoms with Crippen molar-refractivity contribution >= 4 is 0 Å². The Morgan fingerprint density at radius 3 is 2.62 bits per heavy atom. The van der Waals surface area contributed by atoms with E-state index in [4.69, 9.17) is 4.74 Å². The predicted octanol–water partition coefficient (Wildman–Crippen LogP) is 0.377. The summed E-state index contributed by atoms with van der Waals surface area (Å²) in [6, 6.07) is 2.16. The van der Waals surface area contributed by atoms with Crippen molar-refractivity contribution in [3.63, 3.8) is 0 Å². The normalized spacial score (nSPS) is 22.5. The summed E-state index contributed by atoms with van der Waals surface area (Å²) in [5.74, 6) is -0.218. The third kappa shape index (κ3) is 3.64. The number of morpholine rings is 1. The fraction of sp³-hybridized carbons (Fsp3) is 0.667. The second kappa shape index (κ2) is 6.60. The van der Waals surface area contributed by atoms with Gasteiger partial charge in [-0.2, -0.15) is 0 Å². The number of aromatic hydroxyl groups is 1. The van der Waals surface area contributed by atoms with Crippen LogP contribution in [-0.2, 0) is 11.3 Å². The topological polar surface area (TPSA) is 68.8 Å². The van der Waals surface area contributed by atoms with Crippen molar-refractivity contribution in [1.82, 2.24) is 14.8 Å². The number of H-pyrrole nitrogens is 1. The van der Waals surface area contributed by atoms with Gasteiger partial charge in [-0.05, 0) is 12.8 Å². The molecule has 0 amide bonds. The zero-order valence-electron chi connectivity index (χ0n) is 12.3. The fourth-order valence-electron chi connectivity index (χ4n) is 3.22. The first-order valence-electron chi connectivity index (χ1n) is 7.67. The molecule has 2 aliphatic rings. The van der Waals surface area contributed by atoms with Crippen LogP contribution < -0.4 is 5.43 Å². The molecule has 116 valence electrons. The summed E-state index contributed by atoms with van der Waals surface area (Å²) in [5.41, 5.74) is 0.551. The molecular weight excluding hydrogens is 270 g/mol. The SMILES string of the molecule is O=c1cc(CN2CCC(N3CCOCC3)CC2)[nH]cc1O. The summed E-state index contributed by atoms with van der Waals surface area (Å²) in [6.45, 7) is 6.65. The van der Waals surface area contributed by atoms with E-state index < -0.39 is 0 Å². The van der Waals surface area contributed by atoms with E-state index in [2.05, 4.69) is 14.8 Å². The number of hydrogen-bond acceptors (Lipinski definition) is 5. The second-order valence-electron chi connectivity index (χ2n) is 5.86. The number of nitrogens with zero attached hydrogens (tertiary/aromatic N) is 2. The lowest BCUT2D eigenvalue weighted by molar-refractivity contribution is 0.000134. The third-order valence-electron chi connectivity index (χ3n) is 4.47. The molecule has 0 spiro atoms. The van der Waals surface area contributed by atoms with E-state index in [1.54, 1.807) is 0 Å². The van der Waals surface area contributed by atoms with Crippen LogP contribution in [0.1, 0.15) is 18.5 Å². The number of rotatable bonds is 3. The highest BCUT2D eigenvalue weighted by molar-refractivity contribution is 5.18. The van der Waals surface area contributed by atoms with Gasteiger partial charge in [-0.15, -0.1) is 0 Å². The highest BCUT2D eigenvalue weighted by Crippen LogP contribution is 2.18. The maximum absolute atomic E-state index is 11.4. The average molecular weight is 293 g/mol. The number of nitrogens with one attached hydrogen (secondary N) is 1. The standard InChI is InChI=1S/C15H23N3O3/c19-14-9-12(16-10-15(14)20)11-17-3-1-13(2-4-17)18-5-7-21-8-6-18/h9-10,13,20H,1-8,11H2,(H,16,19). The molecule has 6 heteroatoms. The molecule has 2 saturated heterocycles. The van der Waals surface area contributed by atoms with E-state index in [-0.39, 0.29) is 11.2 Å². The van der Waals surface area contributed by atoms with Gasteiger partial charge in [-0.3, -0.25) is 14.6 Å². The van der Waals surface area contributed by atoms with Crippen LogP contribution in [0.2, 0.25) is 0 Å². The van der Waals surface area contributed by atoms with Gasteiger partial charge in [0, 0.05) is 56.7 Å². The van der Waals surface area contributed by atoms with Crippen molar-refractivity contribution in [2.75, 3.05) is 39.4 Å². The fourth-order valence-corrected chi connectivity index (χ4v) is 3.22. The third-order valence-corrected chi connectivity index (χ3v) is 4.47. The van der Waals surface area contributed by atoms with E-state index in [1.807, 2.05) is 0 Å². The van der Waals surface area contributed by atoms with Gasteiger partial charge in [-0.1, -0.05) is 0 Å². The second-order valence-corrected chi connectivity index (χ2v) is 5.86. The van der Waals surface area contributed by atoms with Gasteiger partial charge in [0.1, 0.15) is 0 Å². The van der Waals surface area contributed by atoms with Crippen LogP contribution in [-0.4, -0.2) is 65.3 Å². The monoisotopic (exact) mass is 293 g/mol. The van der Waals surface area contributed by atoms with Gasteiger partial charge in [0.15, 0.2) is 5.75 Å². The largest absolute Gasteiger partial charge is 0.503 e. The number of piperidine rings is 1. The van der Waals surface area contributed by atoms with Gasteiger partial charge >= 0.3 is 0 Å². The Hall–Kier alpha value is -1.37. The summed E-state index contributed by atoms with van der Waals surface area (Å²) in [7, 11) is 0. The Kier molecular flexibility index (Phi) is 4.57. The molecule has 2 fully saturated rings. The molecule has 0 radical (unpaired) electrons. The van der Waals surface area contributed by atoms with Gasteiger partial charge < -0.3 is 14.8 Å². The van der Waals surface area contributed by atoms with Gasteiger partial charge in [-0.25, -0.2) is 0 Å². The molecule has 0 saturated carbocycles. The van der Waals surface area contributed by atoms with E-state index in [0.717, 1.165) is 51.6 Å². The number of aromatic nitrogens is 1. The summed E-state index contributed by atoms with van der Waals surface area (Å²) in [6.07, 6.45) is 3.71. The Morgan fingerprint density at radius 1 is 1.24 bits per heavy atom. The smallest absolute Gasteiger partial charge is 0.223 e. The van der Waals surface area contributed by atoms with Crippen molar-refractivity contribution in [2.24, 2.45) is 0 Å². The van der Waals surface area contributed by atoms with Gasteiger partial charge in [0.05, 0.1) is 13.2 Å². The Morgan fingerprint density at radius 2 is 1.95 bits per heavy atom. The molecule has 1 aromatic rings. The Balaban J connectivity index is 1.51. The average Bonchev–Trinajstić information content (AvgIpc) is 2.53. The van der Waals surface area contributed by atoms with Gasteiger partial charge in [0.2, 0.25) is 5.43 Å². The molecule has 0 aromatic carbocycles. The van der Waals surface area contributed by atoms with Crippen LogP contribution in [0.25, 0.3) is 0 Å². The lowest BCUT2D eigenvalue weighted by Crippen LogP contribution is -2.48. The number of ether oxygens (including phenoxy) is 1. The molecule has 0 unspecified atom stereocenters. The number of hydrogen-bond donors (Lipinski definition) is 2. The molecule has 0 aliphatic carbocycles. The van der Waals surface area contributed by atoms with Crippen LogP contribution in [0, 0.1) is 0 Å². The Bertz CT molecular complexity index is 517. The van der Waals surface area contributed by atoms with Crippen molar-refractivity contribution in [1.29, 1.82) is 0 Å². The molecule has 0 bridgehead atoms. The minimum absolute atomic E-state index is 0.218. The molecule has 0 atom stereocenters. The molecule has 2 N–H and O–H groups in total. The molecule has 3 heterocycles. The maximum atomic E-state index is 11.4. The van der Waals surface area contributed by atoms with Gasteiger partial charge in [0.25, 0.3) is 0 Å². The maximum Gasteiger partial charge on any atom is 0.223 e. The molecule has 21 heavy (non-hydrogen) atoms. The first-order chi connectivity index (χ1) is 10.2. The lowest BCUT2D eigenvalue weighted by atomic mass is 10.0. The first-order valence-corrected chi connectivity index (χ1v) is 7.67. The van der Waals surface area contributed by atoms with Crippen LogP contribution in [0.4, 0.5) is 0 Å². The quantitative estimate of drug-likeness (QED) is 0.843. The molecule has 1 aromatic heterocycles. The highest BCUT2D eigenvalue weighted by Gasteiger charge is 2.25.